The van der Waals surface area contributed by atoms with Crippen LogP contribution in [0, 0.1) is 5.82 Å². The molecule has 0 aliphatic carbocycles. The molecule has 0 bridgehead atoms. The molecule has 1 aromatic carbocycles. The van der Waals surface area contributed by atoms with Crippen LogP contribution in [0.25, 0.3) is 0 Å². The number of nitrogens with two attached hydrogens (primary N) is 1. The second-order valence-corrected chi connectivity index (χ2v) is 4.32. The van der Waals surface area contributed by atoms with Crippen molar-refractivity contribution in [1.29, 1.82) is 0 Å². The number of nitrogens with one attached hydrogen (secondary N) is 1. The van der Waals surface area contributed by atoms with Crippen molar-refractivity contribution >= 4 is 11.6 Å². The summed E-state index contributed by atoms with van der Waals surface area (Å²) >= 11 is 0. The highest BCUT2D eigenvalue weighted by Gasteiger charge is 2.08. The van der Waals surface area contributed by atoms with Gasteiger partial charge in [-0.15, -0.1) is 0 Å². The molecule has 2 rings (SSSR count). The number of pyridine rings is 1. The van der Waals surface area contributed by atoms with Crippen LogP contribution in [0.15, 0.2) is 42.5 Å². The Morgan fingerprint density at radius 1 is 1.35 bits per heavy atom. The monoisotopic (exact) mass is 274 g/mol. The average Bonchev–Trinajstić information content (AvgIpc) is 2.46. The number of hydrogen-bond acceptors (Lipinski definition) is 4. The van der Waals surface area contributed by atoms with Crippen molar-refractivity contribution in [1.82, 2.24) is 10.4 Å². The van der Waals surface area contributed by atoms with Crippen LogP contribution in [-0.4, -0.2) is 17.9 Å². The van der Waals surface area contributed by atoms with Crippen LogP contribution in [0.5, 0.6) is 0 Å². The Labute approximate surface area is 116 Å². The summed E-state index contributed by atoms with van der Waals surface area (Å²) in [5.41, 5.74) is 3.71. The van der Waals surface area contributed by atoms with Crippen LogP contribution in [0.4, 0.5) is 10.1 Å². The van der Waals surface area contributed by atoms with E-state index < -0.39 is 5.91 Å². The van der Waals surface area contributed by atoms with Gasteiger partial charge in [-0.3, -0.25) is 10.2 Å². The molecular weight excluding hydrogens is 259 g/mol. The number of hydrazine groups is 1. The highest BCUT2D eigenvalue weighted by Crippen LogP contribution is 2.16. The largest absolute Gasteiger partial charge is 0.369 e. The number of benzene rings is 1. The number of anilines is 1. The molecule has 2 aromatic rings. The molecule has 0 saturated heterocycles. The van der Waals surface area contributed by atoms with Crippen molar-refractivity contribution in [3.05, 3.63) is 59.7 Å². The lowest BCUT2D eigenvalue weighted by atomic mass is 10.2. The van der Waals surface area contributed by atoms with E-state index in [9.17, 15) is 9.18 Å². The maximum Gasteiger partial charge on any atom is 0.283 e. The number of nitrogen functional groups attached to an aromatic ring is 1. The lowest BCUT2D eigenvalue weighted by Gasteiger charge is -2.19. The van der Waals surface area contributed by atoms with Gasteiger partial charge in [0, 0.05) is 12.7 Å². The molecule has 1 aromatic heterocycles. The van der Waals surface area contributed by atoms with Gasteiger partial charge in [0.1, 0.15) is 11.5 Å². The maximum absolute atomic E-state index is 13.2. The van der Waals surface area contributed by atoms with E-state index in [0.717, 1.165) is 5.69 Å². The third kappa shape index (κ3) is 3.30. The Morgan fingerprint density at radius 2 is 2.10 bits per heavy atom. The average molecular weight is 274 g/mol. The third-order valence-electron chi connectivity index (χ3n) is 2.82. The molecule has 0 radical (unpaired) electrons. The molecule has 0 atom stereocenters. The summed E-state index contributed by atoms with van der Waals surface area (Å²) in [6.07, 6.45) is 0. The third-order valence-corrected chi connectivity index (χ3v) is 2.82. The number of carbonyl (C=O) groups is 1. The summed E-state index contributed by atoms with van der Waals surface area (Å²) in [7, 11) is 1.83. The number of halogens is 1. The lowest BCUT2D eigenvalue weighted by Crippen LogP contribution is -2.31. The van der Waals surface area contributed by atoms with Crippen LogP contribution in [-0.2, 0) is 6.54 Å². The standard InChI is InChI=1S/C14H15FN4O/c1-19(12-6-2-4-10(15)8-12)9-11-5-3-7-13(17-11)14(20)18-16/h2-8H,9,16H2,1H3,(H,18,20). The topological polar surface area (TPSA) is 71.2 Å². The van der Waals surface area contributed by atoms with Crippen molar-refractivity contribution in [2.45, 2.75) is 6.54 Å². The fraction of sp³-hybridized carbons (Fsp3) is 0.143. The SMILES string of the molecule is CN(Cc1cccc(C(=O)NN)n1)c1cccc(F)c1. The Bertz CT molecular complexity index is 618. The molecular formula is C14H15FN4O. The van der Waals surface area contributed by atoms with Crippen LogP contribution >= 0.6 is 0 Å². The summed E-state index contributed by atoms with van der Waals surface area (Å²) in [6.45, 7) is 0.454. The van der Waals surface area contributed by atoms with Gasteiger partial charge in [-0.1, -0.05) is 12.1 Å². The van der Waals surface area contributed by atoms with E-state index in [2.05, 4.69) is 4.98 Å². The molecule has 0 unspecified atom stereocenters. The molecule has 104 valence electrons. The first-order valence-electron chi connectivity index (χ1n) is 6.03. The number of nitrogens with zero attached hydrogens (tertiary/aromatic N) is 2. The smallest absolute Gasteiger partial charge is 0.283 e. The van der Waals surface area contributed by atoms with Gasteiger partial charge in [-0.05, 0) is 30.3 Å². The highest BCUT2D eigenvalue weighted by molar-refractivity contribution is 5.91. The summed E-state index contributed by atoms with van der Waals surface area (Å²) in [5.74, 6) is 4.33. The second kappa shape index (κ2) is 6.12. The first-order valence-corrected chi connectivity index (χ1v) is 6.03. The highest BCUT2D eigenvalue weighted by atomic mass is 19.1. The fourth-order valence-corrected chi connectivity index (χ4v) is 1.82. The summed E-state index contributed by atoms with van der Waals surface area (Å²) in [5, 5.41) is 0. The molecule has 0 fully saturated rings. The zero-order valence-electron chi connectivity index (χ0n) is 11.0. The van der Waals surface area contributed by atoms with Gasteiger partial charge in [0.2, 0.25) is 0 Å². The zero-order valence-corrected chi connectivity index (χ0v) is 11.0. The van der Waals surface area contributed by atoms with Crippen molar-refractivity contribution < 1.29 is 9.18 Å². The summed E-state index contributed by atoms with van der Waals surface area (Å²) in [4.78, 5) is 17.5. The number of rotatable bonds is 4. The molecule has 3 N–H and O–H groups in total. The number of hydrogen-bond donors (Lipinski definition) is 2. The van der Waals surface area contributed by atoms with E-state index >= 15 is 0 Å². The predicted molar refractivity (Wildman–Crippen MR) is 74.4 cm³/mol. The van der Waals surface area contributed by atoms with Crippen LogP contribution in [0.1, 0.15) is 16.2 Å². The number of carbonyl (C=O) groups excluding carboxylic acids is 1. The molecule has 6 heteroatoms. The lowest BCUT2D eigenvalue weighted by molar-refractivity contribution is 0.0948. The minimum Gasteiger partial charge on any atom is -0.369 e. The van der Waals surface area contributed by atoms with Crippen LogP contribution < -0.4 is 16.2 Å². The van der Waals surface area contributed by atoms with Gasteiger partial charge >= 0.3 is 0 Å². The quantitative estimate of drug-likeness (QED) is 0.503. The second-order valence-electron chi connectivity index (χ2n) is 4.32. The molecule has 1 amide bonds. The minimum atomic E-state index is -0.444. The maximum atomic E-state index is 13.2. The molecule has 1 heterocycles. The van der Waals surface area contributed by atoms with Crippen molar-refractivity contribution in [2.75, 3.05) is 11.9 Å². The number of amides is 1. The van der Waals surface area contributed by atoms with Crippen LogP contribution in [0.2, 0.25) is 0 Å². The van der Waals surface area contributed by atoms with Crippen LogP contribution in [0.3, 0.4) is 0 Å². The Hall–Kier alpha value is -2.47. The van der Waals surface area contributed by atoms with Gasteiger partial charge in [0.15, 0.2) is 0 Å². The van der Waals surface area contributed by atoms with Gasteiger partial charge < -0.3 is 4.90 Å². The Morgan fingerprint density at radius 3 is 2.80 bits per heavy atom. The van der Waals surface area contributed by atoms with E-state index in [1.807, 2.05) is 17.4 Å². The van der Waals surface area contributed by atoms with E-state index in [-0.39, 0.29) is 11.5 Å². The first-order chi connectivity index (χ1) is 9.60. The van der Waals surface area contributed by atoms with Gasteiger partial charge in [-0.2, -0.15) is 0 Å². The zero-order chi connectivity index (χ0) is 14.5. The van der Waals surface area contributed by atoms with Gasteiger partial charge in [0.05, 0.1) is 12.2 Å². The minimum absolute atomic E-state index is 0.248. The Kier molecular flexibility index (Phi) is 4.27. The van der Waals surface area contributed by atoms with Crippen molar-refractivity contribution in [2.24, 2.45) is 5.84 Å². The molecule has 5 nitrogen and oxygen atoms in total. The first kappa shape index (κ1) is 14.0. The van der Waals surface area contributed by atoms with E-state index in [1.165, 1.54) is 12.1 Å². The molecule has 0 saturated carbocycles. The number of aromatic nitrogens is 1. The fourth-order valence-electron chi connectivity index (χ4n) is 1.82. The Balaban J connectivity index is 2.15. The molecule has 0 aliphatic heterocycles. The molecule has 0 spiro atoms. The van der Waals surface area contributed by atoms with E-state index in [1.54, 1.807) is 30.3 Å². The molecule has 20 heavy (non-hydrogen) atoms. The summed E-state index contributed by atoms with van der Waals surface area (Å²) in [6, 6.07) is 11.4. The van der Waals surface area contributed by atoms with Gasteiger partial charge in [0.25, 0.3) is 5.91 Å². The molecule has 0 aliphatic rings. The van der Waals surface area contributed by atoms with Gasteiger partial charge in [-0.25, -0.2) is 15.2 Å². The predicted octanol–water partition coefficient (Wildman–Crippen LogP) is 1.46. The van der Waals surface area contributed by atoms with E-state index in [4.69, 9.17) is 5.84 Å². The van der Waals surface area contributed by atoms with Crippen molar-refractivity contribution in [3.8, 4) is 0 Å². The van der Waals surface area contributed by atoms with Crippen molar-refractivity contribution in [3.63, 3.8) is 0 Å². The summed E-state index contributed by atoms with van der Waals surface area (Å²) < 4.78 is 13.2. The normalized spacial score (nSPS) is 10.2. The van der Waals surface area contributed by atoms with E-state index in [0.29, 0.717) is 12.2 Å².